The second-order valence-corrected chi connectivity index (χ2v) is 6.24. The van der Waals surface area contributed by atoms with Gasteiger partial charge in [-0.25, -0.2) is 4.79 Å². The van der Waals surface area contributed by atoms with E-state index in [-0.39, 0.29) is 19.0 Å². The van der Waals surface area contributed by atoms with Gasteiger partial charge in [-0.15, -0.1) is 0 Å². The van der Waals surface area contributed by atoms with Gasteiger partial charge in [-0.3, -0.25) is 0 Å². The zero-order valence-corrected chi connectivity index (χ0v) is 14.5. The van der Waals surface area contributed by atoms with Crippen molar-refractivity contribution < 1.29 is 39.8 Å². The van der Waals surface area contributed by atoms with E-state index < -0.39 is 36.6 Å². The van der Waals surface area contributed by atoms with Gasteiger partial charge in [-0.05, 0) is 12.8 Å². The smallest absolute Gasteiger partial charge is 0.378 e. The third kappa shape index (κ3) is 7.60. The van der Waals surface area contributed by atoms with Crippen molar-refractivity contribution in [1.82, 2.24) is 0 Å². The predicted octanol–water partition coefficient (Wildman–Crippen LogP) is 0.525. The molecule has 1 rings (SSSR count). The Bertz CT molecular complexity index is 423. The Kier molecular flexibility index (Phi) is 10.5. The van der Waals surface area contributed by atoms with Crippen LogP contribution in [0.15, 0.2) is 11.5 Å². The number of aliphatic hydroxyl groups excluding tert-OH is 5. The Morgan fingerprint density at radius 1 is 0.960 bits per heavy atom. The SMILES string of the molecule is O=C1O[C@H]([C@@H](O)CO)C(OCCCCCCCCCC(O)CO)=C1O. The number of hydrogen-bond donors (Lipinski definition) is 5. The average Bonchev–Trinajstić information content (AvgIpc) is 2.90. The zero-order valence-electron chi connectivity index (χ0n) is 14.5. The number of cyclic esters (lactones) is 1. The van der Waals surface area contributed by atoms with Crippen molar-refractivity contribution in [3.63, 3.8) is 0 Å². The fraction of sp³-hybridized carbons (Fsp3) is 0.824. The van der Waals surface area contributed by atoms with E-state index in [0.29, 0.717) is 6.42 Å². The highest BCUT2D eigenvalue weighted by atomic mass is 16.6. The van der Waals surface area contributed by atoms with E-state index >= 15 is 0 Å². The van der Waals surface area contributed by atoms with Gasteiger partial charge < -0.3 is 35.0 Å². The molecular weight excluding hydrogens is 332 g/mol. The molecule has 0 spiro atoms. The lowest BCUT2D eigenvalue weighted by atomic mass is 10.1. The molecule has 25 heavy (non-hydrogen) atoms. The summed E-state index contributed by atoms with van der Waals surface area (Å²) in [6.45, 7) is -0.500. The van der Waals surface area contributed by atoms with Crippen LogP contribution < -0.4 is 0 Å². The summed E-state index contributed by atoms with van der Waals surface area (Å²) in [5, 5.41) is 46.0. The van der Waals surface area contributed by atoms with E-state index in [0.717, 1.165) is 44.9 Å². The first-order valence-electron chi connectivity index (χ1n) is 8.86. The highest BCUT2D eigenvalue weighted by molar-refractivity contribution is 5.89. The number of aliphatic hydroxyl groups is 5. The third-order valence-corrected chi connectivity index (χ3v) is 4.11. The van der Waals surface area contributed by atoms with Crippen LogP contribution in [0.3, 0.4) is 0 Å². The van der Waals surface area contributed by atoms with Crippen LogP contribution in [0.25, 0.3) is 0 Å². The van der Waals surface area contributed by atoms with Gasteiger partial charge in [-0.1, -0.05) is 38.5 Å². The summed E-state index contributed by atoms with van der Waals surface area (Å²) >= 11 is 0. The Labute approximate surface area is 147 Å². The normalized spacial score (nSPS) is 19.8. The molecule has 1 heterocycles. The largest absolute Gasteiger partial charge is 0.499 e. The van der Waals surface area contributed by atoms with Crippen molar-refractivity contribution in [2.75, 3.05) is 19.8 Å². The summed E-state index contributed by atoms with van der Waals surface area (Å²) in [4.78, 5) is 11.3. The van der Waals surface area contributed by atoms with Gasteiger partial charge in [0.05, 0.1) is 25.9 Å². The molecule has 0 radical (unpaired) electrons. The number of carbonyl (C=O) groups is 1. The first-order valence-corrected chi connectivity index (χ1v) is 8.86. The van der Waals surface area contributed by atoms with Crippen LogP contribution in [0.5, 0.6) is 0 Å². The summed E-state index contributed by atoms with van der Waals surface area (Å²) in [7, 11) is 0. The minimum Gasteiger partial charge on any atom is -0.499 e. The molecule has 0 saturated carbocycles. The van der Waals surface area contributed by atoms with Crippen molar-refractivity contribution in [3.05, 3.63) is 11.5 Å². The van der Waals surface area contributed by atoms with Crippen LogP contribution in [0.2, 0.25) is 0 Å². The molecule has 8 nitrogen and oxygen atoms in total. The van der Waals surface area contributed by atoms with Gasteiger partial charge in [0, 0.05) is 0 Å². The molecule has 0 saturated heterocycles. The van der Waals surface area contributed by atoms with Crippen LogP contribution >= 0.6 is 0 Å². The minimum atomic E-state index is -1.33. The molecule has 0 bridgehead atoms. The topological polar surface area (TPSA) is 137 Å². The minimum absolute atomic E-state index is 0.117. The van der Waals surface area contributed by atoms with Crippen molar-refractivity contribution in [2.45, 2.75) is 69.7 Å². The molecule has 5 N–H and O–H groups in total. The van der Waals surface area contributed by atoms with Gasteiger partial charge >= 0.3 is 5.97 Å². The van der Waals surface area contributed by atoms with Crippen molar-refractivity contribution >= 4 is 5.97 Å². The molecule has 0 amide bonds. The standard InChI is InChI=1S/C17H30O8/c18-10-12(20)8-6-4-2-1-3-5-7-9-24-16-14(22)17(23)25-15(16)13(21)11-19/h12-13,15,18-22H,1-11H2/t12?,13-,15+/m0/s1. The monoisotopic (exact) mass is 362 g/mol. The molecule has 0 aromatic rings. The van der Waals surface area contributed by atoms with Gasteiger partial charge in [-0.2, -0.15) is 0 Å². The molecule has 0 aromatic heterocycles. The molecule has 3 atom stereocenters. The predicted molar refractivity (Wildman–Crippen MR) is 88.6 cm³/mol. The first-order chi connectivity index (χ1) is 12.0. The average molecular weight is 362 g/mol. The third-order valence-electron chi connectivity index (χ3n) is 4.11. The fourth-order valence-electron chi connectivity index (χ4n) is 2.60. The van der Waals surface area contributed by atoms with Crippen molar-refractivity contribution in [1.29, 1.82) is 0 Å². The highest BCUT2D eigenvalue weighted by Gasteiger charge is 2.40. The van der Waals surface area contributed by atoms with Gasteiger partial charge in [0.25, 0.3) is 0 Å². The van der Waals surface area contributed by atoms with E-state index in [1.807, 2.05) is 0 Å². The number of carbonyl (C=O) groups excluding carboxylic acids is 1. The fourth-order valence-corrected chi connectivity index (χ4v) is 2.60. The maximum absolute atomic E-state index is 11.3. The summed E-state index contributed by atoms with van der Waals surface area (Å²) in [5.74, 6) is -1.73. The number of ether oxygens (including phenoxy) is 2. The van der Waals surface area contributed by atoms with Crippen molar-refractivity contribution in [2.24, 2.45) is 0 Å². The molecular formula is C17H30O8. The van der Waals surface area contributed by atoms with Gasteiger partial charge in [0.1, 0.15) is 6.10 Å². The second kappa shape index (κ2) is 12.1. The molecule has 1 aliphatic rings. The lowest BCUT2D eigenvalue weighted by Gasteiger charge is -2.18. The van der Waals surface area contributed by atoms with Crippen LogP contribution in [-0.4, -0.2) is 69.6 Å². The summed E-state index contributed by atoms with van der Waals surface area (Å²) in [5.41, 5.74) is 0. The van der Waals surface area contributed by atoms with E-state index in [9.17, 15) is 20.1 Å². The maximum Gasteiger partial charge on any atom is 0.378 e. The lowest BCUT2D eigenvalue weighted by molar-refractivity contribution is -0.148. The zero-order chi connectivity index (χ0) is 18.7. The van der Waals surface area contributed by atoms with Crippen LogP contribution in [0, 0.1) is 0 Å². The molecule has 0 aromatic carbocycles. The molecule has 0 aliphatic carbocycles. The molecule has 0 fully saturated rings. The number of hydrogen-bond acceptors (Lipinski definition) is 8. The second-order valence-electron chi connectivity index (χ2n) is 6.24. The maximum atomic E-state index is 11.3. The summed E-state index contributed by atoms with van der Waals surface area (Å²) in [6.07, 6.45) is 4.28. The van der Waals surface area contributed by atoms with Gasteiger partial charge in [0.15, 0.2) is 11.9 Å². The number of rotatable bonds is 14. The van der Waals surface area contributed by atoms with E-state index in [1.54, 1.807) is 0 Å². The van der Waals surface area contributed by atoms with E-state index in [4.69, 9.17) is 19.7 Å². The molecule has 8 heteroatoms. The highest BCUT2D eigenvalue weighted by Crippen LogP contribution is 2.25. The summed E-state index contributed by atoms with van der Waals surface area (Å²) < 4.78 is 10.1. The molecule has 1 aliphatic heterocycles. The summed E-state index contributed by atoms with van der Waals surface area (Å²) in [6, 6.07) is 0. The van der Waals surface area contributed by atoms with Gasteiger partial charge in [0.2, 0.25) is 5.76 Å². The Hall–Kier alpha value is -1.35. The molecule has 146 valence electrons. The first kappa shape index (κ1) is 21.7. The quantitative estimate of drug-likeness (QED) is 0.223. The number of esters is 1. The van der Waals surface area contributed by atoms with Crippen LogP contribution in [-0.2, 0) is 14.3 Å². The van der Waals surface area contributed by atoms with E-state index in [1.165, 1.54) is 0 Å². The lowest BCUT2D eigenvalue weighted by Crippen LogP contribution is -2.32. The Morgan fingerprint density at radius 3 is 2.16 bits per heavy atom. The number of unbranched alkanes of at least 4 members (excludes halogenated alkanes) is 6. The van der Waals surface area contributed by atoms with Crippen LogP contribution in [0.4, 0.5) is 0 Å². The Morgan fingerprint density at radius 2 is 1.56 bits per heavy atom. The van der Waals surface area contributed by atoms with E-state index in [2.05, 4.69) is 0 Å². The van der Waals surface area contributed by atoms with Crippen LogP contribution in [0.1, 0.15) is 51.4 Å². The Balaban J connectivity index is 2.10. The molecule has 1 unspecified atom stereocenters. The van der Waals surface area contributed by atoms with Crippen molar-refractivity contribution in [3.8, 4) is 0 Å².